The van der Waals surface area contributed by atoms with Crippen molar-refractivity contribution in [1.29, 1.82) is 0 Å². The van der Waals surface area contributed by atoms with E-state index in [0.29, 0.717) is 12.5 Å². The molecule has 1 amide bonds. The van der Waals surface area contributed by atoms with Crippen molar-refractivity contribution in [2.24, 2.45) is 23.0 Å². The number of hydrogen-bond donors (Lipinski definition) is 3. The van der Waals surface area contributed by atoms with E-state index in [2.05, 4.69) is 5.32 Å². The number of nitrogens with two attached hydrogens (primary N) is 1. The molecule has 0 aliphatic rings. The first-order chi connectivity index (χ1) is 8.54. The van der Waals surface area contributed by atoms with E-state index < -0.39 is 12.0 Å². The lowest BCUT2D eigenvalue weighted by Gasteiger charge is -2.27. The van der Waals surface area contributed by atoms with Gasteiger partial charge < -0.3 is 16.2 Å². The quantitative estimate of drug-likeness (QED) is 0.656. The molecule has 5 nitrogen and oxygen atoms in total. The standard InChI is InChI=1S/C14H28N2O3/c1-9(2)6-10(7-11(17)18)8-16-13(19)12(15)14(3,4)5/h9-10,12H,6-8,15H2,1-5H3,(H,16,19)(H,17,18)/t10-,12?/m0/s1. The van der Waals surface area contributed by atoms with E-state index in [1.165, 1.54) is 0 Å². The summed E-state index contributed by atoms with van der Waals surface area (Å²) >= 11 is 0. The predicted octanol–water partition coefficient (Wildman–Crippen LogP) is 1.61. The third kappa shape index (κ3) is 7.82. The molecule has 112 valence electrons. The van der Waals surface area contributed by atoms with Gasteiger partial charge in [-0.1, -0.05) is 34.6 Å². The van der Waals surface area contributed by atoms with Gasteiger partial charge in [0.25, 0.3) is 0 Å². The van der Waals surface area contributed by atoms with Crippen LogP contribution in [-0.4, -0.2) is 29.6 Å². The van der Waals surface area contributed by atoms with Crippen LogP contribution in [0.15, 0.2) is 0 Å². The summed E-state index contributed by atoms with van der Waals surface area (Å²) in [5.74, 6) is -0.696. The number of amides is 1. The molecule has 0 radical (unpaired) electrons. The normalized spacial score (nSPS) is 15.1. The van der Waals surface area contributed by atoms with Gasteiger partial charge in [0.1, 0.15) is 0 Å². The van der Waals surface area contributed by atoms with Crippen LogP contribution in [0.5, 0.6) is 0 Å². The molecule has 5 heteroatoms. The Morgan fingerprint density at radius 2 is 1.79 bits per heavy atom. The van der Waals surface area contributed by atoms with Crippen LogP contribution in [0.25, 0.3) is 0 Å². The van der Waals surface area contributed by atoms with Crippen molar-refractivity contribution in [2.45, 2.75) is 53.5 Å². The number of carbonyl (C=O) groups excluding carboxylic acids is 1. The lowest BCUT2D eigenvalue weighted by atomic mass is 9.86. The second-order valence-electron chi connectivity index (χ2n) is 6.68. The molecular formula is C14H28N2O3. The number of carboxylic acid groups (broad SMARTS) is 1. The smallest absolute Gasteiger partial charge is 0.303 e. The highest BCUT2D eigenvalue weighted by molar-refractivity contribution is 5.82. The van der Waals surface area contributed by atoms with Gasteiger partial charge in [-0.25, -0.2) is 0 Å². The minimum Gasteiger partial charge on any atom is -0.481 e. The van der Waals surface area contributed by atoms with Crippen LogP contribution in [0, 0.1) is 17.3 Å². The van der Waals surface area contributed by atoms with E-state index in [1.807, 2.05) is 34.6 Å². The highest BCUT2D eigenvalue weighted by Crippen LogP contribution is 2.18. The number of hydrogen-bond acceptors (Lipinski definition) is 3. The Morgan fingerprint density at radius 1 is 1.26 bits per heavy atom. The Morgan fingerprint density at radius 3 is 2.16 bits per heavy atom. The van der Waals surface area contributed by atoms with E-state index in [4.69, 9.17) is 10.8 Å². The first-order valence-corrected chi connectivity index (χ1v) is 6.79. The minimum atomic E-state index is -0.833. The van der Waals surface area contributed by atoms with Crippen LogP contribution >= 0.6 is 0 Å². The van der Waals surface area contributed by atoms with Gasteiger partial charge in [-0.15, -0.1) is 0 Å². The maximum absolute atomic E-state index is 11.9. The molecule has 1 unspecified atom stereocenters. The molecule has 0 saturated heterocycles. The third-order valence-electron chi connectivity index (χ3n) is 3.05. The fourth-order valence-corrected chi connectivity index (χ4v) is 1.90. The molecule has 0 rings (SSSR count). The molecule has 0 aromatic rings. The fraction of sp³-hybridized carbons (Fsp3) is 0.857. The van der Waals surface area contributed by atoms with Gasteiger partial charge in [0.2, 0.25) is 5.91 Å². The van der Waals surface area contributed by atoms with Crippen LogP contribution in [0.2, 0.25) is 0 Å². The number of carbonyl (C=O) groups is 2. The number of aliphatic carboxylic acids is 1. The number of nitrogens with one attached hydrogen (secondary N) is 1. The maximum atomic E-state index is 11.9. The van der Waals surface area contributed by atoms with Crippen LogP contribution < -0.4 is 11.1 Å². The third-order valence-corrected chi connectivity index (χ3v) is 3.05. The van der Waals surface area contributed by atoms with E-state index in [-0.39, 0.29) is 23.7 Å². The SMILES string of the molecule is CC(C)C[C@H](CNC(=O)C(N)C(C)(C)C)CC(=O)O. The topological polar surface area (TPSA) is 92.4 Å². The number of carboxylic acids is 1. The molecule has 0 bridgehead atoms. The van der Waals surface area contributed by atoms with Crippen molar-refractivity contribution in [3.8, 4) is 0 Å². The summed E-state index contributed by atoms with van der Waals surface area (Å²) in [6.07, 6.45) is 0.848. The summed E-state index contributed by atoms with van der Waals surface area (Å²) in [5.41, 5.74) is 5.55. The summed E-state index contributed by atoms with van der Waals surface area (Å²) < 4.78 is 0. The van der Waals surface area contributed by atoms with Gasteiger partial charge in [-0.2, -0.15) is 0 Å². The van der Waals surface area contributed by atoms with Gasteiger partial charge in [0.15, 0.2) is 0 Å². The van der Waals surface area contributed by atoms with E-state index >= 15 is 0 Å². The van der Waals surface area contributed by atoms with Gasteiger partial charge in [-0.3, -0.25) is 9.59 Å². The van der Waals surface area contributed by atoms with Gasteiger partial charge in [0.05, 0.1) is 6.04 Å². The monoisotopic (exact) mass is 272 g/mol. The van der Waals surface area contributed by atoms with E-state index in [1.54, 1.807) is 0 Å². The van der Waals surface area contributed by atoms with Crippen molar-refractivity contribution < 1.29 is 14.7 Å². The zero-order chi connectivity index (χ0) is 15.2. The highest BCUT2D eigenvalue weighted by Gasteiger charge is 2.27. The van der Waals surface area contributed by atoms with Crippen LogP contribution in [0.3, 0.4) is 0 Å². The summed E-state index contributed by atoms with van der Waals surface area (Å²) in [7, 11) is 0. The first-order valence-electron chi connectivity index (χ1n) is 6.79. The summed E-state index contributed by atoms with van der Waals surface area (Å²) in [6, 6.07) is -0.586. The average Bonchev–Trinajstić information content (AvgIpc) is 2.21. The van der Waals surface area contributed by atoms with Crippen LogP contribution in [0.4, 0.5) is 0 Å². The van der Waals surface area contributed by atoms with Gasteiger partial charge in [-0.05, 0) is 23.7 Å². The largest absolute Gasteiger partial charge is 0.481 e. The summed E-state index contributed by atoms with van der Waals surface area (Å²) in [6.45, 7) is 10.2. The summed E-state index contributed by atoms with van der Waals surface area (Å²) in [5, 5.41) is 11.6. The molecule has 0 heterocycles. The van der Waals surface area contributed by atoms with Gasteiger partial charge >= 0.3 is 5.97 Å². The predicted molar refractivity (Wildman–Crippen MR) is 75.6 cm³/mol. The zero-order valence-electron chi connectivity index (χ0n) is 12.7. The fourth-order valence-electron chi connectivity index (χ4n) is 1.90. The molecule has 4 N–H and O–H groups in total. The Hall–Kier alpha value is -1.10. The van der Waals surface area contributed by atoms with Crippen molar-refractivity contribution >= 4 is 11.9 Å². The lowest BCUT2D eigenvalue weighted by molar-refractivity contribution is -0.138. The average molecular weight is 272 g/mol. The Labute approximate surface area is 115 Å². The van der Waals surface area contributed by atoms with Crippen molar-refractivity contribution in [3.05, 3.63) is 0 Å². The highest BCUT2D eigenvalue weighted by atomic mass is 16.4. The second kappa shape index (κ2) is 7.48. The lowest BCUT2D eigenvalue weighted by Crippen LogP contribution is -2.49. The minimum absolute atomic E-state index is 0.0476. The zero-order valence-corrected chi connectivity index (χ0v) is 12.7. The molecule has 0 fully saturated rings. The Bertz CT molecular complexity index is 308. The maximum Gasteiger partial charge on any atom is 0.303 e. The first kappa shape index (κ1) is 17.9. The second-order valence-corrected chi connectivity index (χ2v) is 6.68. The molecule has 0 aliphatic carbocycles. The molecule has 0 spiro atoms. The van der Waals surface area contributed by atoms with E-state index in [0.717, 1.165) is 6.42 Å². The Kier molecular flexibility index (Phi) is 7.05. The molecule has 0 aromatic heterocycles. The molecule has 0 aliphatic heterocycles. The van der Waals surface area contributed by atoms with Crippen molar-refractivity contribution in [3.63, 3.8) is 0 Å². The molecule has 2 atom stereocenters. The molecular weight excluding hydrogens is 244 g/mol. The van der Waals surface area contributed by atoms with Crippen molar-refractivity contribution in [2.75, 3.05) is 6.54 Å². The molecule has 0 saturated carbocycles. The van der Waals surface area contributed by atoms with Crippen molar-refractivity contribution in [1.82, 2.24) is 5.32 Å². The van der Waals surface area contributed by atoms with Crippen LogP contribution in [0.1, 0.15) is 47.5 Å². The van der Waals surface area contributed by atoms with Gasteiger partial charge in [0, 0.05) is 13.0 Å². The number of rotatable bonds is 7. The van der Waals surface area contributed by atoms with Crippen LogP contribution in [-0.2, 0) is 9.59 Å². The summed E-state index contributed by atoms with van der Waals surface area (Å²) in [4.78, 5) is 22.7. The van der Waals surface area contributed by atoms with E-state index in [9.17, 15) is 9.59 Å². The molecule has 19 heavy (non-hydrogen) atoms. The molecule has 0 aromatic carbocycles. The Balaban J connectivity index is 4.38.